The maximum absolute atomic E-state index is 13.3. The molecule has 2 aromatic rings. The first-order valence-corrected chi connectivity index (χ1v) is 7.41. The molecule has 1 N–H and O–H groups in total. The summed E-state index contributed by atoms with van der Waals surface area (Å²) in [6, 6.07) is 12.7. The summed E-state index contributed by atoms with van der Waals surface area (Å²) in [4.78, 5) is 14.0. The number of benzene rings is 2. The summed E-state index contributed by atoms with van der Waals surface area (Å²) in [5.74, 6) is -0.669. The molecular weight excluding hydrogens is 317 g/mol. The number of carbonyl (C=O) groups is 1. The van der Waals surface area contributed by atoms with Crippen LogP contribution in [0.4, 0.5) is 15.8 Å². The van der Waals surface area contributed by atoms with Crippen molar-refractivity contribution >= 4 is 28.9 Å². The molecule has 0 bridgehead atoms. The molecule has 0 aliphatic heterocycles. The lowest BCUT2D eigenvalue weighted by molar-refractivity contribution is -0.115. The Morgan fingerprint density at radius 1 is 1.35 bits per heavy atom. The number of rotatable bonds is 5. The molecule has 0 aliphatic carbocycles. The van der Waals surface area contributed by atoms with Crippen LogP contribution in [0.15, 0.2) is 42.5 Å². The molecule has 118 valence electrons. The van der Waals surface area contributed by atoms with Crippen LogP contribution >= 0.6 is 11.6 Å². The van der Waals surface area contributed by atoms with Crippen LogP contribution in [0.1, 0.15) is 12.5 Å². The molecule has 0 saturated carbocycles. The van der Waals surface area contributed by atoms with E-state index in [9.17, 15) is 9.18 Å². The zero-order valence-electron chi connectivity index (χ0n) is 12.5. The molecule has 0 saturated heterocycles. The minimum Gasteiger partial charge on any atom is -0.362 e. The fourth-order valence-corrected chi connectivity index (χ4v) is 2.31. The lowest BCUT2D eigenvalue weighted by atomic mass is 10.2. The second-order valence-corrected chi connectivity index (χ2v) is 5.28. The molecule has 1 amide bonds. The maximum Gasteiger partial charge on any atom is 0.243 e. The average Bonchev–Trinajstić information content (AvgIpc) is 2.53. The van der Waals surface area contributed by atoms with Crippen molar-refractivity contribution in [3.05, 3.63) is 58.9 Å². The lowest BCUT2D eigenvalue weighted by Crippen LogP contribution is -2.33. The predicted octanol–water partition coefficient (Wildman–Crippen LogP) is 3.82. The molecule has 6 heteroatoms. The molecule has 0 heterocycles. The quantitative estimate of drug-likeness (QED) is 0.906. The number of halogens is 2. The third-order valence-corrected chi connectivity index (χ3v) is 3.50. The van der Waals surface area contributed by atoms with E-state index in [2.05, 4.69) is 5.32 Å². The van der Waals surface area contributed by atoms with Crippen LogP contribution in [0, 0.1) is 17.1 Å². The number of anilines is 2. The van der Waals surface area contributed by atoms with Crippen molar-refractivity contribution in [3.8, 4) is 6.07 Å². The van der Waals surface area contributed by atoms with E-state index in [0.717, 1.165) is 0 Å². The van der Waals surface area contributed by atoms with E-state index < -0.39 is 0 Å². The topological polar surface area (TPSA) is 56.1 Å². The summed E-state index contributed by atoms with van der Waals surface area (Å²) in [5.41, 5.74) is 1.31. The van der Waals surface area contributed by atoms with Gasteiger partial charge >= 0.3 is 0 Å². The number of hydrogen-bond acceptors (Lipinski definition) is 3. The summed E-state index contributed by atoms with van der Waals surface area (Å²) in [6.45, 7) is 2.45. The molecule has 2 aromatic carbocycles. The van der Waals surface area contributed by atoms with E-state index in [4.69, 9.17) is 16.9 Å². The van der Waals surface area contributed by atoms with Gasteiger partial charge in [-0.05, 0) is 43.3 Å². The first-order valence-electron chi connectivity index (χ1n) is 7.03. The molecule has 0 spiro atoms. The molecule has 0 radical (unpaired) electrons. The van der Waals surface area contributed by atoms with Crippen LogP contribution in [-0.4, -0.2) is 19.0 Å². The molecule has 0 aromatic heterocycles. The van der Waals surface area contributed by atoms with Gasteiger partial charge in [0, 0.05) is 17.3 Å². The van der Waals surface area contributed by atoms with Crippen LogP contribution in [0.3, 0.4) is 0 Å². The lowest BCUT2D eigenvalue weighted by Gasteiger charge is -2.22. The zero-order chi connectivity index (χ0) is 16.8. The van der Waals surface area contributed by atoms with Crippen molar-refractivity contribution in [2.45, 2.75) is 6.92 Å². The molecule has 0 atom stereocenters. The Balaban J connectivity index is 2.12. The Bertz CT molecular complexity index is 758. The highest BCUT2D eigenvalue weighted by Crippen LogP contribution is 2.21. The van der Waals surface area contributed by atoms with Gasteiger partial charge in [0.2, 0.25) is 5.91 Å². The molecule has 23 heavy (non-hydrogen) atoms. The van der Waals surface area contributed by atoms with Gasteiger partial charge in [0.1, 0.15) is 11.9 Å². The van der Waals surface area contributed by atoms with Gasteiger partial charge in [0.15, 0.2) is 0 Å². The van der Waals surface area contributed by atoms with Crippen LogP contribution < -0.4 is 10.2 Å². The molecule has 4 nitrogen and oxygen atoms in total. The van der Waals surface area contributed by atoms with Crippen molar-refractivity contribution in [3.63, 3.8) is 0 Å². The van der Waals surface area contributed by atoms with E-state index in [-0.39, 0.29) is 18.3 Å². The number of nitrogens with one attached hydrogen (secondary N) is 1. The van der Waals surface area contributed by atoms with Crippen molar-refractivity contribution in [2.24, 2.45) is 0 Å². The zero-order valence-corrected chi connectivity index (χ0v) is 13.3. The minimum atomic E-state index is -0.358. The fraction of sp³-hybridized carbons (Fsp3) is 0.176. The first kappa shape index (κ1) is 16.8. The first-order chi connectivity index (χ1) is 11.0. The third-order valence-electron chi connectivity index (χ3n) is 3.27. The largest absolute Gasteiger partial charge is 0.362 e. The summed E-state index contributed by atoms with van der Waals surface area (Å²) < 4.78 is 13.3. The standard InChI is InChI=1S/C17H15ClFN3O/c1-2-22(15-5-3-4-14(19)9-15)11-17(23)21-16-8-13(18)7-6-12(16)10-20/h3-9H,2,11H2,1H3,(H,21,23). The normalized spacial score (nSPS) is 10.0. The average molecular weight is 332 g/mol. The van der Waals surface area contributed by atoms with Crippen molar-refractivity contribution < 1.29 is 9.18 Å². The Morgan fingerprint density at radius 3 is 2.78 bits per heavy atom. The molecular formula is C17H15ClFN3O. The summed E-state index contributed by atoms with van der Waals surface area (Å²) in [5, 5.41) is 12.2. The smallest absolute Gasteiger partial charge is 0.243 e. The number of likely N-dealkylation sites (N-methyl/N-ethyl adjacent to an activating group) is 1. The number of hydrogen-bond donors (Lipinski definition) is 1. The maximum atomic E-state index is 13.3. The highest BCUT2D eigenvalue weighted by molar-refractivity contribution is 6.31. The van der Waals surface area contributed by atoms with E-state index in [0.29, 0.717) is 28.5 Å². The number of amides is 1. The molecule has 2 rings (SSSR count). The van der Waals surface area contributed by atoms with Crippen LogP contribution in [-0.2, 0) is 4.79 Å². The van der Waals surface area contributed by atoms with E-state index in [1.54, 1.807) is 29.2 Å². The summed E-state index contributed by atoms with van der Waals surface area (Å²) >= 11 is 5.89. The Morgan fingerprint density at radius 2 is 2.13 bits per heavy atom. The van der Waals surface area contributed by atoms with Gasteiger partial charge in [0.05, 0.1) is 17.8 Å². The Labute approximate surface area is 139 Å². The van der Waals surface area contributed by atoms with E-state index in [1.165, 1.54) is 18.2 Å². The monoisotopic (exact) mass is 331 g/mol. The summed E-state index contributed by atoms with van der Waals surface area (Å²) in [6.07, 6.45) is 0. The van der Waals surface area contributed by atoms with Gasteiger partial charge in [-0.1, -0.05) is 17.7 Å². The van der Waals surface area contributed by atoms with Gasteiger partial charge in [-0.25, -0.2) is 4.39 Å². The SMILES string of the molecule is CCN(CC(=O)Nc1cc(Cl)ccc1C#N)c1cccc(F)c1. The fourth-order valence-electron chi connectivity index (χ4n) is 2.14. The number of nitriles is 1. The van der Waals surface area contributed by atoms with E-state index >= 15 is 0 Å². The van der Waals surface area contributed by atoms with Gasteiger partial charge in [0.25, 0.3) is 0 Å². The molecule has 0 aliphatic rings. The van der Waals surface area contributed by atoms with Crippen LogP contribution in [0.5, 0.6) is 0 Å². The van der Waals surface area contributed by atoms with E-state index in [1.807, 2.05) is 13.0 Å². The van der Waals surface area contributed by atoms with Crippen molar-refractivity contribution in [1.29, 1.82) is 5.26 Å². The number of nitrogens with zero attached hydrogens (tertiary/aromatic N) is 2. The number of carbonyl (C=O) groups excluding carboxylic acids is 1. The van der Waals surface area contributed by atoms with Gasteiger partial charge < -0.3 is 10.2 Å². The second-order valence-electron chi connectivity index (χ2n) is 4.84. The van der Waals surface area contributed by atoms with Gasteiger partial charge in [-0.3, -0.25) is 4.79 Å². The highest BCUT2D eigenvalue weighted by Gasteiger charge is 2.13. The summed E-state index contributed by atoms with van der Waals surface area (Å²) in [7, 11) is 0. The van der Waals surface area contributed by atoms with Gasteiger partial charge in [-0.2, -0.15) is 5.26 Å². The highest BCUT2D eigenvalue weighted by atomic mass is 35.5. The molecule has 0 fully saturated rings. The third kappa shape index (κ3) is 4.44. The Kier molecular flexibility index (Phi) is 5.56. The van der Waals surface area contributed by atoms with Crippen molar-refractivity contribution in [1.82, 2.24) is 0 Å². The van der Waals surface area contributed by atoms with Crippen molar-refractivity contribution in [2.75, 3.05) is 23.3 Å². The molecule has 0 unspecified atom stereocenters. The Hall–Kier alpha value is -2.58. The van der Waals surface area contributed by atoms with Crippen LogP contribution in [0.25, 0.3) is 0 Å². The van der Waals surface area contributed by atoms with Gasteiger partial charge in [-0.15, -0.1) is 0 Å². The second kappa shape index (κ2) is 7.61. The predicted molar refractivity (Wildman–Crippen MR) is 89.1 cm³/mol. The minimum absolute atomic E-state index is 0.0390. The van der Waals surface area contributed by atoms with Crippen LogP contribution in [0.2, 0.25) is 5.02 Å².